The highest BCUT2D eigenvalue weighted by Crippen LogP contribution is 2.24. The fraction of sp³-hybridized carbons (Fsp3) is 0.273. The lowest BCUT2D eigenvalue weighted by molar-refractivity contribution is -0.136. The molecule has 0 aliphatic heterocycles. The fourth-order valence-electron chi connectivity index (χ4n) is 1.70. The average Bonchev–Trinajstić information content (AvgIpc) is 2.54. The number of carboxylic acid groups (broad SMARTS) is 1. The third-order valence-corrected chi connectivity index (χ3v) is 3.01. The Kier molecular flexibility index (Phi) is 2.96. The second kappa shape index (κ2) is 4.25. The summed E-state index contributed by atoms with van der Waals surface area (Å²) in [4.78, 5) is 10.6. The van der Waals surface area contributed by atoms with Crippen molar-refractivity contribution in [1.29, 1.82) is 0 Å². The maximum Gasteiger partial charge on any atom is 0.307 e. The maximum atomic E-state index is 10.6. The minimum absolute atomic E-state index is 0.0441. The number of nitrogens with zero attached hydrogens (tertiary/aromatic N) is 2. The van der Waals surface area contributed by atoms with Gasteiger partial charge in [-0.15, -0.1) is 0 Å². The van der Waals surface area contributed by atoms with Gasteiger partial charge in [0.2, 0.25) is 0 Å². The summed E-state index contributed by atoms with van der Waals surface area (Å²) in [5.41, 5.74) is 1.76. The quantitative estimate of drug-likeness (QED) is 0.941. The van der Waals surface area contributed by atoms with E-state index in [0.29, 0.717) is 0 Å². The number of aromatic nitrogens is 2. The lowest BCUT2D eigenvalue weighted by Crippen LogP contribution is -2.01. The van der Waals surface area contributed by atoms with Crippen LogP contribution in [0.3, 0.4) is 0 Å². The van der Waals surface area contributed by atoms with Gasteiger partial charge in [0.15, 0.2) is 0 Å². The van der Waals surface area contributed by atoms with Gasteiger partial charge in [-0.3, -0.25) is 9.48 Å². The zero-order valence-electron chi connectivity index (χ0n) is 8.77. The molecule has 0 atom stereocenters. The minimum atomic E-state index is -0.819. The third-order valence-electron chi connectivity index (χ3n) is 2.43. The number of halogens is 1. The summed E-state index contributed by atoms with van der Waals surface area (Å²) in [5.74, 6) is -0.819. The zero-order valence-corrected chi connectivity index (χ0v) is 10.4. The van der Waals surface area contributed by atoms with Crippen LogP contribution >= 0.6 is 15.9 Å². The SMILES string of the molecule is CCn1nc(Br)c2ccc(CC(=O)O)cc21. The van der Waals surface area contributed by atoms with Crippen LogP contribution < -0.4 is 0 Å². The van der Waals surface area contributed by atoms with Crippen LogP contribution in [0.15, 0.2) is 22.8 Å². The van der Waals surface area contributed by atoms with E-state index in [2.05, 4.69) is 21.0 Å². The van der Waals surface area contributed by atoms with Crippen LogP contribution in [0.5, 0.6) is 0 Å². The number of hydrogen-bond acceptors (Lipinski definition) is 2. The van der Waals surface area contributed by atoms with E-state index in [-0.39, 0.29) is 6.42 Å². The second-order valence-corrected chi connectivity index (χ2v) is 4.28. The van der Waals surface area contributed by atoms with Gasteiger partial charge in [-0.25, -0.2) is 0 Å². The molecule has 84 valence electrons. The Morgan fingerprint density at radius 2 is 2.31 bits per heavy atom. The summed E-state index contributed by atoms with van der Waals surface area (Å²) in [6.07, 6.45) is 0.0441. The summed E-state index contributed by atoms with van der Waals surface area (Å²) in [6.45, 7) is 2.77. The van der Waals surface area contributed by atoms with Crippen molar-refractivity contribution in [3.8, 4) is 0 Å². The summed E-state index contributed by atoms with van der Waals surface area (Å²) < 4.78 is 2.65. The lowest BCUT2D eigenvalue weighted by Gasteiger charge is -2.00. The number of fused-ring (bicyclic) bond motifs is 1. The molecule has 1 heterocycles. The van der Waals surface area contributed by atoms with Crippen molar-refractivity contribution in [3.05, 3.63) is 28.4 Å². The Labute approximate surface area is 101 Å². The molecular weight excluding hydrogens is 272 g/mol. The number of aliphatic carboxylic acids is 1. The maximum absolute atomic E-state index is 10.6. The molecule has 0 aliphatic rings. The highest BCUT2D eigenvalue weighted by Gasteiger charge is 2.09. The molecule has 0 saturated carbocycles. The van der Waals surface area contributed by atoms with Crippen molar-refractivity contribution in [3.63, 3.8) is 0 Å². The molecule has 0 amide bonds. The van der Waals surface area contributed by atoms with E-state index in [4.69, 9.17) is 5.11 Å². The molecule has 5 heteroatoms. The molecule has 0 radical (unpaired) electrons. The Morgan fingerprint density at radius 1 is 1.56 bits per heavy atom. The largest absolute Gasteiger partial charge is 0.481 e. The van der Waals surface area contributed by atoms with E-state index < -0.39 is 5.97 Å². The van der Waals surface area contributed by atoms with Crippen LogP contribution in [0.1, 0.15) is 12.5 Å². The van der Waals surface area contributed by atoms with E-state index >= 15 is 0 Å². The molecule has 4 nitrogen and oxygen atoms in total. The van der Waals surface area contributed by atoms with Gasteiger partial charge in [0.25, 0.3) is 0 Å². The van der Waals surface area contributed by atoms with Crippen molar-refractivity contribution < 1.29 is 9.90 Å². The Bertz CT molecular complexity index is 548. The Balaban J connectivity index is 2.55. The van der Waals surface area contributed by atoms with E-state index in [1.165, 1.54) is 0 Å². The van der Waals surface area contributed by atoms with E-state index in [0.717, 1.165) is 27.6 Å². The Morgan fingerprint density at radius 3 is 2.94 bits per heavy atom. The molecule has 0 aliphatic carbocycles. The smallest absolute Gasteiger partial charge is 0.307 e. The molecule has 0 bridgehead atoms. The number of benzene rings is 1. The normalized spacial score (nSPS) is 10.9. The van der Waals surface area contributed by atoms with Gasteiger partial charge >= 0.3 is 5.97 Å². The monoisotopic (exact) mass is 282 g/mol. The van der Waals surface area contributed by atoms with Crippen molar-refractivity contribution in [1.82, 2.24) is 9.78 Å². The molecule has 2 rings (SSSR count). The van der Waals surface area contributed by atoms with Crippen molar-refractivity contribution in [2.24, 2.45) is 0 Å². The van der Waals surface area contributed by atoms with Crippen LogP contribution in [-0.2, 0) is 17.8 Å². The first kappa shape index (κ1) is 11.1. The first-order valence-corrected chi connectivity index (χ1v) is 5.78. The summed E-state index contributed by atoms with van der Waals surface area (Å²) >= 11 is 3.39. The molecule has 0 unspecified atom stereocenters. The third kappa shape index (κ3) is 1.95. The number of rotatable bonds is 3. The van der Waals surface area contributed by atoms with Crippen molar-refractivity contribution >= 4 is 32.8 Å². The molecule has 16 heavy (non-hydrogen) atoms. The van der Waals surface area contributed by atoms with Crippen LogP contribution in [0.4, 0.5) is 0 Å². The topological polar surface area (TPSA) is 55.1 Å². The van der Waals surface area contributed by atoms with E-state index in [1.807, 2.05) is 29.8 Å². The first-order valence-electron chi connectivity index (χ1n) is 4.98. The van der Waals surface area contributed by atoms with Crippen LogP contribution in [-0.4, -0.2) is 20.9 Å². The first-order chi connectivity index (χ1) is 7.61. The van der Waals surface area contributed by atoms with Gasteiger partial charge in [-0.1, -0.05) is 6.07 Å². The number of aryl methyl sites for hydroxylation is 1. The Hall–Kier alpha value is -1.36. The summed E-state index contributed by atoms with van der Waals surface area (Å²) in [5, 5.41) is 14.1. The number of carbonyl (C=O) groups is 1. The second-order valence-electron chi connectivity index (χ2n) is 3.53. The summed E-state index contributed by atoms with van der Waals surface area (Å²) in [7, 11) is 0. The molecule has 2 aromatic rings. The molecule has 1 aromatic heterocycles. The van der Waals surface area contributed by atoms with Crippen LogP contribution in [0.2, 0.25) is 0 Å². The van der Waals surface area contributed by atoms with Gasteiger partial charge < -0.3 is 5.11 Å². The van der Waals surface area contributed by atoms with Gasteiger partial charge in [0, 0.05) is 11.9 Å². The highest BCUT2D eigenvalue weighted by atomic mass is 79.9. The van der Waals surface area contributed by atoms with Crippen molar-refractivity contribution in [2.45, 2.75) is 19.9 Å². The van der Waals surface area contributed by atoms with Gasteiger partial charge in [-0.2, -0.15) is 5.10 Å². The van der Waals surface area contributed by atoms with Crippen LogP contribution in [0.25, 0.3) is 10.9 Å². The standard InChI is InChI=1S/C11H11BrN2O2/c1-2-14-9-5-7(6-10(15)16)3-4-8(9)11(12)13-14/h3-5H,2,6H2,1H3,(H,15,16). The number of hydrogen-bond donors (Lipinski definition) is 1. The highest BCUT2D eigenvalue weighted by molar-refractivity contribution is 9.10. The summed E-state index contributed by atoms with van der Waals surface area (Å²) in [6, 6.07) is 5.60. The molecule has 0 saturated heterocycles. The van der Waals surface area contributed by atoms with Gasteiger partial charge in [0.1, 0.15) is 4.60 Å². The van der Waals surface area contributed by atoms with Gasteiger partial charge in [-0.05, 0) is 40.5 Å². The predicted molar refractivity (Wildman–Crippen MR) is 64.4 cm³/mol. The van der Waals surface area contributed by atoms with Crippen molar-refractivity contribution in [2.75, 3.05) is 0 Å². The van der Waals surface area contributed by atoms with Crippen LogP contribution in [0, 0.1) is 0 Å². The molecule has 0 spiro atoms. The average molecular weight is 283 g/mol. The van der Waals surface area contributed by atoms with E-state index in [9.17, 15) is 4.79 Å². The molecule has 0 fully saturated rings. The number of carboxylic acids is 1. The minimum Gasteiger partial charge on any atom is -0.481 e. The molecule has 1 N–H and O–H groups in total. The van der Waals surface area contributed by atoms with E-state index in [1.54, 1.807) is 0 Å². The van der Waals surface area contributed by atoms with Gasteiger partial charge in [0.05, 0.1) is 11.9 Å². The lowest BCUT2D eigenvalue weighted by atomic mass is 10.1. The molecular formula is C11H11BrN2O2. The predicted octanol–water partition coefficient (Wildman–Crippen LogP) is 2.45. The fourth-order valence-corrected chi connectivity index (χ4v) is 2.23. The molecule has 1 aromatic carbocycles. The zero-order chi connectivity index (χ0) is 11.7.